The second-order valence-corrected chi connectivity index (χ2v) is 11.1. The molecule has 42 heavy (non-hydrogen) atoms. The molecule has 3 aromatic carbocycles. The maximum absolute atomic E-state index is 13.3. The molecule has 0 aliphatic carbocycles. The average Bonchev–Trinajstić information content (AvgIpc) is 3.53. The lowest BCUT2D eigenvalue weighted by atomic mass is 9.98. The van der Waals surface area contributed by atoms with E-state index in [4.69, 9.17) is 0 Å². The maximum atomic E-state index is 13.3. The lowest BCUT2D eigenvalue weighted by molar-refractivity contribution is -0.129. The Balaban J connectivity index is 1.40. The number of benzene rings is 3. The van der Waals surface area contributed by atoms with Crippen LogP contribution in [0.4, 0.5) is 0 Å². The molecular weight excluding hydrogens is 530 g/mol. The highest BCUT2D eigenvalue weighted by Crippen LogP contribution is 2.29. The summed E-state index contributed by atoms with van der Waals surface area (Å²) in [6.45, 7) is 6.19. The van der Waals surface area contributed by atoms with Gasteiger partial charge in [-0.15, -0.1) is 10.2 Å². The average molecular weight is 570 g/mol. The Hall–Kier alpha value is -4.41. The molecular formula is C32H39N7O3. The third kappa shape index (κ3) is 9.05. The van der Waals surface area contributed by atoms with Gasteiger partial charge in [-0.25, -0.2) is 0 Å². The predicted octanol–water partition coefficient (Wildman–Crippen LogP) is 3.41. The normalized spacial score (nSPS) is 12.9. The molecule has 1 aromatic heterocycles. The fraction of sp³-hybridized carbons (Fsp3) is 0.344. The van der Waals surface area contributed by atoms with Gasteiger partial charge >= 0.3 is 0 Å². The Morgan fingerprint density at radius 2 is 1.62 bits per heavy atom. The molecule has 0 aliphatic heterocycles. The standard InChI is InChI=1S/C32H39N7O3/c1-22(40)20-34-32(2,3)19-29(41)35-28(18-15-23-9-5-4-6-10-23)31(42)33-21-24-13-16-25(17-14-24)26-11-7-8-12-27(26)30-36-38-39-37-30/h4-14,16-17,22,28,34,40H,15,18-21H2,1-3H3,(H,33,42)(H,35,41)(H,36,37,38,39)/t22-,28-/m1/s1. The van der Waals surface area contributed by atoms with Crippen molar-refractivity contribution in [3.63, 3.8) is 0 Å². The van der Waals surface area contributed by atoms with E-state index in [1.165, 1.54) is 0 Å². The summed E-state index contributed by atoms with van der Waals surface area (Å²) in [5, 5.41) is 33.1. The van der Waals surface area contributed by atoms with Crippen LogP contribution in [0.5, 0.6) is 0 Å². The summed E-state index contributed by atoms with van der Waals surface area (Å²) in [6, 6.07) is 25.0. The third-order valence-electron chi connectivity index (χ3n) is 6.94. The van der Waals surface area contributed by atoms with Crippen molar-refractivity contribution in [2.45, 2.75) is 64.3 Å². The van der Waals surface area contributed by atoms with E-state index < -0.39 is 17.7 Å². The molecule has 0 unspecified atom stereocenters. The van der Waals surface area contributed by atoms with Crippen molar-refractivity contribution in [1.82, 2.24) is 36.6 Å². The highest BCUT2D eigenvalue weighted by Gasteiger charge is 2.26. The summed E-state index contributed by atoms with van der Waals surface area (Å²) >= 11 is 0. The zero-order valence-corrected chi connectivity index (χ0v) is 24.3. The van der Waals surface area contributed by atoms with E-state index in [1.807, 2.05) is 92.7 Å². The summed E-state index contributed by atoms with van der Waals surface area (Å²) in [4.78, 5) is 26.3. The quantitative estimate of drug-likeness (QED) is 0.157. The van der Waals surface area contributed by atoms with E-state index in [0.717, 1.165) is 27.8 Å². The highest BCUT2D eigenvalue weighted by atomic mass is 16.3. The molecule has 4 aromatic rings. The number of rotatable bonds is 14. The number of aliphatic hydroxyl groups is 1. The van der Waals surface area contributed by atoms with Gasteiger partial charge in [0.2, 0.25) is 17.6 Å². The van der Waals surface area contributed by atoms with E-state index in [0.29, 0.717) is 31.8 Å². The van der Waals surface area contributed by atoms with Crippen LogP contribution in [0.3, 0.4) is 0 Å². The fourth-order valence-corrected chi connectivity index (χ4v) is 4.68. The molecule has 2 atom stereocenters. The molecule has 1 heterocycles. The molecule has 4 rings (SSSR count). The summed E-state index contributed by atoms with van der Waals surface area (Å²) in [5.74, 6) is 0.0594. The van der Waals surface area contributed by atoms with Crippen LogP contribution in [0.25, 0.3) is 22.5 Å². The van der Waals surface area contributed by atoms with Crippen LogP contribution in [0.15, 0.2) is 78.9 Å². The Labute approximate surface area is 246 Å². The van der Waals surface area contributed by atoms with Crippen LogP contribution < -0.4 is 16.0 Å². The number of aliphatic hydroxyl groups excluding tert-OH is 1. The minimum absolute atomic E-state index is 0.168. The topological polar surface area (TPSA) is 145 Å². The minimum Gasteiger partial charge on any atom is -0.392 e. The molecule has 5 N–H and O–H groups in total. The number of carbonyl (C=O) groups excluding carboxylic acids is 2. The summed E-state index contributed by atoms with van der Waals surface area (Å²) in [5.41, 5.74) is 4.33. The Morgan fingerprint density at radius 3 is 2.29 bits per heavy atom. The molecule has 0 aliphatic rings. The molecule has 0 spiro atoms. The SMILES string of the molecule is C[C@@H](O)CNC(C)(C)CC(=O)N[C@H](CCc1ccccc1)C(=O)NCc1ccc(-c2ccccc2-c2nn[nH]n2)cc1. The Bertz CT molecular complexity index is 1420. The fourth-order valence-electron chi connectivity index (χ4n) is 4.68. The number of aryl methyl sites for hydroxylation is 1. The van der Waals surface area contributed by atoms with Gasteiger partial charge in [-0.2, -0.15) is 5.21 Å². The number of hydrogen-bond acceptors (Lipinski definition) is 7. The lowest BCUT2D eigenvalue weighted by Gasteiger charge is -2.28. The second-order valence-electron chi connectivity index (χ2n) is 11.1. The lowest BCUT2D eigenvalue weighted by Crippen LogP contribution is -2.51. The van der Waals surface area contributed by atoms with Crippen molar-refractivity contribution >= 4 is 11.8 Å². The highest BCUT2D eigenvalue weighted by molar-refractivity contribution is 5.88. The van der Waals surface area contributed by atoms with E-state index in [1.54, 1.807) is 6.92 Å². The molecule has 10 nitrogen and oxygen atoms in total. The maximum Gasteiger partial charge on any atom is 0.242 e. The first kappa shape index (κ1) is 30.5. The molecule has 0 fully saturated rings. The smallest absolute Gasteiger partial charge is 0.242 e. The van der Waals surface area contributed by atoms with E-state index in [9.17, 15) is 14.7 Å². The number of carbonyl (C=O) groups is 2. The summed E-state index contributed by atoms with van der Waals surface area (Å²) < 4.78 is 0. The van der Waals surface area contributed by atoms with E-state index in [2.05, 4.69) is 36.6 Å². The van der Waals surface area contributed by atoms with Crippen LogP contribution in [0, 0.1) is 0 Å². The van der Waals surface area contributed by atoms with Gasteiger partial charge in [0.05, 0.1) is 6.10 Å². The van der Waals surface area contributed by atoms with Crippen molar-refractivity contribution < 1.29 is 14.7 Å². The first-order chi connectivity index (χ1) is 20.2. The molecule has 0 bridgehead atoms. The Morgan fingerprint density at radius 1 is 0.929 bits per heavy atom. The van der Waals surface area contributed by atoms with Crippen molar-refractivity contribution in [2.75, 3.05) is 6.54 Å². The van der Waals surface area contributed by atoms with Gasteiger partial charge in [0.15, 0.2) is 0 Å². The number of aromatic nitrogens is 4. The van der Waals surface area contributed by atoms with Crippen LogP contribution in [0.1, 0.15) is 44.7 Å². The molecule has 0 saturated heterocycles. The third-order valence-corrected chi connectivity index (χ3v) is 6.94. The Kier molecular flexibility index (Phi) is 10.5. The van der Waals surface area contributed by atoms with E-state index >= 15 is 0 Å². The number of β-amino-alcohol motifs (C(OH)–C–C–N with tert-alkyl or cyclic N) is 1. The van der Waals surface area contributed by atoms with Crippen LogP contribution in [-0.2, 0) is 22.6 Å². The zero-order valence-electron chi connectivity index (χ0n) is 24.3. The summed E-state index contributed by atoms with van der Waals surface area (Å²) in [7, 11) is 0. The largest absolute Gasteiger partial charge is 0.392 e. The van der Waals surface area contributed by atoms with Gasteiger partial charge in [0, 0.05) is 30.6 Å². The van der Waals surface area contributed by atoms with E-state index in [-0.39, 0.29) is 18.2 Å². The summed E-state index contributed by atoms with van der Waals surface area (Å²) in [6.07, 6.45) is 0.763. The number of nitrogens with one attached hydrogen (secondary N) is 4. The van der Waals surface area contributed by atoms with Gasteiger partial charge in [-0.3, -0.25) is 9.59 Å². The van der Waals surface area contributed by atoms with Gasteiger partial charge in [-0.05, 0) is 61.1 Å². The molecule has 10 heteroatoms. The number of amides is 2. The molecule has 0 radical (unpaired) electrons. The monoisotopic (exact) mass is 569 g/mol. The molecule has 2 amide bonds. The van der Waals surface area contributed by atoms with Crippen molar-refractivity contribution in [3.05, 3.63) is 90.0 Å². The van der Waals surface area contributed by atoms with Crippen LogP contribution in [-0.4, -0.2) is 61.8 Å². The van der Waals surface area contributed by atoms with Crippen LogP contribution in [0.2, 0.25) is 0 Å². The second kappa shape index (κ2) is 14.5. The first-order valence-corrected chi connectivity index (χ1v) is 14.2. The number of H-pyrrole nitrogens is 1. The van der Waals surface area contributed by atoms with Gasteiger partial charge in [0.25, 0.3) is 0 Å². The number of aromatic amines is 1. The molecule has 220 valence electrons. The number of tetrazole rings is 1. The van der Waals surface area contributed by atoms with Crippen molar-refractivity contribution in [2.24, 2.45) is 0 Å². The van der Waals surface area contributed by atoms with Gasteiger partial charge < -0.3 is 21.1 Å². The number of nitrogens with zero attached hydrogens (tertiary/aromatic N) is 3. The van der Waals surface area contributed by atoms with Crippen molar-refractivity contribution in [3.8, 4) is 22.5 Å². The van der Waals surface area contributed by atoms with Gasteiger partial charge in [-0.1, -0.05) is 78.9 Å². The predicted molar refractivity (Wildman–Crippen MR) is 162 cm³/mol. The van der Waals surface area contributed by atoms with Crippen molar-refractivity contribution in [1.29, 1.82) is 0 Å². The van der Waals surface area contributed by atoms with Crippen LogP contribution >= 0.6 is 0 Å². The minimum atomic E-state index is -0.689. The first-order valence-electron chi connectivity index (χ1n) is 14.2. The zero-order chi connectivity index (χ0) is 30.0. The van der Waals surface area contributed by atoms with Gasteiger partial charge in [0.1, 0.15) is 6.04 Å². The molecule has 0 saturated carbocycles. The number of hydrogen-bond donors (Lipinski definition) is 5.